The van der Waals surface area contributed by atoms with Gasteiger partial charge in [0.05, 0.1) is 7.11 Å². The maximum Gasteiger partial charge on any atom is 0.225 e. The van der Waals surface area contributed by atoms with E-state index in [0.29, 0.717) is 42.1 Å². The number of rotatable bonds is 8. The van der Waals surface area contributed by atoms with E-state index >= 15 is 0 Å². The number of carbonyl (C=O) groups is 2. The number of likely N-dealkylation sites (N-methyl/N-ethyl adjacent to an activating group) is 1. The fourth-order valence-electron chi connectivity index (χ4n) is 6.37. The van der Waals surface area contributed by atoms with Crippen molar-refractivity contribution in [1.29, 1.82) is 0 Å². The van der Waals surface area contributed by atoms with Crippen LogP contribution in [-0.2, 0) is 17.8 Å². The second-order valence-electron chi connectivity index (χ2n) is 11.5. The molecule has 4 heterocycles. The van der Waals surface area contributed by atoms with E-state index in [1.54, 1.807) is 13.3 Å². The molecular weight excluding hydrogens is 520 g/mol. The van der Waals surface area contributed by atoms with Crippen LogP contribution >= 0.6 is 0 Å². The molecule has 1 amide bonds. The zero-order valence-electron chi connectivity index (χ0n) is 23.4. The van der Waals surface area contributed by atoms with E-state index in [2.05, 4.69) is 27.1 Å². The Morgan fingerprint density at radius 3 is 2.76 bits per heavy atom. The lowest BCUT2D eigenvalue weighted by atomic mass is 10.00. The number of nitrogens with one attached hydrogen (secondary N) is 1. The van der Waals surface area contributed by atoms with Gasteiger partial charge in [-0.2, -0.15) is 0 Å². The number of benzene rings is 2. The second-order valence-corrected chi connectivity index (χ2v) is 11.5. The highest BCUT2D eigenvalue weighted by Crippen LogP contribution is 2.60. The maximum absolute atomic E-state index is 13.3. The summed E-state index contributed by atoms with van der Waals surface area (Å²) in [4.78, 5) is 34.1. The second kappa shape index (κ2) is 10.5. The minimum atomic E-state index is -0.0303. The topological polar surface area (TPSA) is 93.2 Å². The monoisotopic (exact) mass is 554 g/mol. The summed E-state index contributed by atoms with van der Waals surface area (Å²) >= 11 is 0. The van der Waals surface area contributed by atoms with Gasteiger partial charge in [0.2, 0.25) is 5.91 Å². The average Bonchev–Trinajstić information content (AvgIpc) is 3.50. The van der Waals surface area contributed by atoms with Gasteiger partial charge in [0, 0.05) is 85.9 Å². The SMILES string of the molecule is COc1cc(C(=O)C[C@@H]2[C@H]3Oc4ccc(Oc5ccnc6c5CCC(=O)N6)cc4[C@@H]23)ccc1CN1CCN(C)CC1. The number of Topliss-reactive ketones (excluding diaryl/α,β-unsaturated/α-hetero) is 1. The molecule has 9 nitrogen and oxygen atoms in total. The molecule has 1 aliphatic carbocycles. The largest absolute Gasteiger partial charge is 0.496 e. The van der Waals surface area contributed by atoms with Crippen LogP contribution in [0.5, 0.6) is 23.0 Å². The summed E-state index contributed by atoms with van der Waals surface area (Å²) in [6.07, 6.45) is 3.10. The third-order valence-corrected chi connectivity index (χ3v) is 8.82. The van der Waals surface area contributed by atoms with E-state index in [4.69, 9.17) is 14.2 Å². The van der Waals surface area contributed by atoms with Crippen LogP contribution in [0, 0.1) is 5.92 Å². The van der Waals surface area contributed by atoms with Gasteiger partial charge in [-0.15, -0.1) is 0 Å². The number of anilines is 1. The molecule has 3 aliphatic heterocycles. The van der Waals surface area contributed by atoms with Crippen molar-refractivity contribution in [3.63, 3.8) is 0 Å². The smallest absolute Gasteiger partial charge is 0.225 e. The summed E-state index contributed by atoms with van der Waals surface area (Å²) in [6.45, 7) is 5.01. The highest BCUT2D eigenvalue weighted by molar-refractivity contribution is 5.97. The number of hydrogen-bond acceptors (Lipinski definition) is 8. The van der Waals surface area contributed by atoms with E-state index in [1.165, 1.54) is 0 Å². The Labute approximate surface area is 239 Å². The van der Waals surface area contributed by atoms with Gasteiger partial charge < -0.3 is 24.4 Å². The Morgan fingerprint density at radius 2 is 1.93 bits per heavy atom. The van der Waals surface area contributed by atoms with Crippen molar-refractivity contribution >= 4 is 17.5 Å². The number of carbonyl (C=O) groups excluding carboxylic acids is 2. The van der Waals surface area contributed by atoms with Gasteiger partial charge in [-0.1, -0.05) is 12.1 Å². The molecule has 212 valence electrons. The molecule has 4 aliphatic rings. The Hall–Kier alpha value is -3.95. The van der Waals surface area contributed by atoms with Crippen LogP contribution in [0.1, 0.15) is 45.8 Å². The van der Waals surface area contributed by atoms with Crippen molar-refractivity contribution in [3.05, 3.63) is 70.9 Å². The number of piperazine rings is 1. The third-order valence-electron chi connectivity index (χ3n) is 8.82. The summed E-state index contributed by atoms with van der Waals surface area (Å²) < 4.78 is 18.1. The first-order valence-electron chi connectivity index (χ1n) is 14.3. The standard InChI is InChI=1S/C32H34N4O5/c1-35-11-13-36(14-12-35)18-20-4-3-19(15-28(20)39-2)25(37)17-24-30-23-16-21(5-7-26(23)41-31(24)30)40-27-9-10-33-32-22(27)6-8-29(38)34-32/h3-5,7,9-10,15-16,24,30-31H,6,8,11-14,17-18H2,1-2H3,(H,33,34,38)/t24-,30-,31+/m0/s1. The molecule has 9 heteroatoms. The average molecular weight is 555 g/mol. The van der Waals surface area contributed by atoms with Crippen molar-refractivity contribution < 1.29 is 23.8 Å². The van der Waals surface area contributed by atoms with Crippen molar-refractivity contribution in [2.75, 3.05) is 45.7 Å². The minimum Gasteiger partial charge on any atom is -0.496 e. The first-order chi connectivity index (χ1) is 20.0. The van der Waals surface area contributed by atoms with Gasteiger partial charge in [-0.25, -0.2) is 4.98 Å². The molecule has 0 spiro atoms. The molecule has 0 bridgehead atoms. The zero-order chi connectivity index (χ0) is 28.1. The minimum absolute atomic E-state index is 0.0199. The van der Waals surface area contributed by atoms with E-state index in [-0.39, 0.29) is 29.6 Å². The van der Waals surface area contributed by atoms with E-state index in [9.17, 15) is 9.59 Å². The molecule has 1 N–H and O–H groups in total. The van der Waals surface area contributed by atoms with Gasteiger partial charge in [0.15, 0.2) is 5.78 Å². The lowest BCUT2D eigenvalue weighted by Gasteiger charge is -2.32. The summed E-state index contributed by atoms with van der Waals surface area (Å²) in [5, 5.41) is 2.82. The van der Waals surface area contributed by atoms with Gasteiger partial charge in [-0.3, -0.25) is 14.5 Å². The van der Waals surface area contributed by atoms with Gasteiger partial charge in [0.25, 0.3) is 0 Å². The predicted octanol–water partition coefficient (Wildman–Crippen LogP) is 4.26. The number of ether oxygens (including phenoxy) is 3. The van der Waals surface area contributed by atoms with E-state index in [0.717, 1.165) is 60.9 Å². The quantitative estimate of drug-likeness (QED) is 0.413. The number of methoxy groups -OCH3 is 1. The number of fused-ring (bicyclic) bond motifs is 4. The normalized spacial score (nSPS) is 23.1. The zero-order valence-corrected chi connectivity index (χ0v) is 23.4. The van der Waals surface area contributed by atoms with Crippen molar-refractivity contribution in [2.24, 2.45) is 5.92 Å². The number of pyridine rings is 1. The number of nitrogens with zero attached hydrogens (tertiary/aromatic N) is 3. The Kier molecular flexibility index (Phi) is 6.63. The van der Waals surface area contributed by atoms with Crippen molar-refractivity contribution in [2.45, 2.75) is 37.8 Å². The lowest BCUT2D eigenvalue weighted by Crippen LogP contribution is -2.43. The maximum atomic E-state index is 13.3. The fourth-order valence-corrected chi connectivity index (χ4v) is 6.37. The number of amides is 1. The van der Waals surface area contributed by atoms with Crippen LogP contribution in [0.4, 0.5) is 5.82 Å². The summed E-state index contributed by atoms with van der Waals surface area (Å²) in [5.74, 6) is 3.99. The highest BCUT2D eigenvalue weighted by atomic mass is 16.5. The molecule has 2 aromatic carbocycles. The molecule has 3 atom stereocenters. The lowest BCUT2D eigenvalue weighted by molar-refractivity contribution is -0.116. The van der Waals surface area contributed by atoms with Crippen LogP contribution in [0.3, 0.4) is 0 Å². The molecule has 1 saturated carbocycles. The molecule has 2 fully saturated rings. The first kappa shape index (κ1) is 26.0. The number of ketones is 1. The molecular formula is C32H34N4O5. The van der Waals surface area contributed by atoms with Gasteiger partial charge in [0.1, 0.15) is 34.9 Å². The third kappa shape index (κ3) is 5.04. The summed E-state index contributed by atoms with van der Waals surface area (Å²) in [6, 6.07) is 13.6. The Balaban J connectivity index is 1.01. The molecule has 41 heavy (non-hydrogen) atoms. The first-order valence-corrected chi connectivity index (χ1v) is 14.3. The van der Waals surface area contributed by atoms with E-state index in [1.807, 2.05) is 42.5 Å². The van der Waals surface area contributed by atoms with Crippen LogP contribution in [0.15, 0.2) is 48.7 Å². The van der Waals surface area contributed by atoms with Crippen LogP contribution in [0.25, 0.3) is 0 Å². The Morgan fingerprint density at radius 1 is 1.07 bits per heavy atom. The van der Waals surface area contributed by atoms with Crippen LogP contribution < -0.4 is 19.5 Å². The molecule has 1 aromatic heterocycles. The molecule has 1 saturated heterocycles. The highest BCUT2D eigenvalue weighted by Gasteiger charge is 2.59. The van der Waals surface area contributed by atoms with Gasteiger partial charge in [-0.05, 0) is 43.8 Å². The van der Waals surface area contributed by atoms with Crippen molar-refractivity contribution in [3.8, 4) is 23.0 Å². The van der Waals surface area contributed by atoms with Gasteiger partial charge >= 0.3 is 0 Å². The number of aromatic nitrogens is 1. The molecule has 7 rings (SSSR count). The predicted molar refractivity (Wildman–Crippen MR) is 153 cm³/mol. The van der Waals surface area contributed by atoms with Crippen molar-refractivity contribution in [1.82, 2.24) is 14.8 Å². The fraction of sp³-hybridized carbons (Fsp3) is 0.406. The van der Waals surface area contributed by atoms with E-state index < -0.39 is 0 Å². The molecule has 3 aromatic rings. The number of hydrogen-bond donors (Lipinski definition) is 1. The Bertz CT molecular complexity index is 1520. The summed E-state index contributed by atoms with van der Waals surface area (Å²) in [5.41, 5.74) is 3.78. The van der Waals surface area contributed by atoms with Crippen LogP contribution in [0.2, 0.25) is 0 Å². The molecule has 0 radical (unpaired) electrons. The van der Waals surface area contributed by atoms with Crippen LogP contribution in [-0.4, -0.2) is 72.9 Å². The molecule has 0 unspecified atom stereocenters. The summed E-state index contributed by atoms with van der Waals surface area (Å²) in [7, 11) is 3.82.